The van der Waals surface area contributed by atoms with E-state index in [-0.39, 0.29) is 0 Å². The molecule has 0 atom stereocenters. The number of sulfonamides is 1. The van der Waals surface area contributed by atoms with Crippen molar-refractivity contribution in [1.29, 1.82) is 0 Å². The van der Waals surface area contributed by atoms with E-state index in [1.54, 1.807) is 12.1 Å². The SMILES string of the molecule is Cc1c(NS(C)(=O)=O)cccc1N(Cc1ccccc1)Cc1ccc(Cl)cc1Cl. The molecule has 0 radical (unpaired) electrons. The van der Waals surface area contributed by atoms with Gasteiger partial charge in [0.25, 0.3) is 0 Å². The van der Waals surface area contributed by atoms with Gasteiger partial charge in [-0.25, -0.2) is 8.42 Å². The summed E-state index contributed by atoms with van der Waals surface area (Å²) in [6.45, 7) is 3.10. The first-order valence-electron chi connectivity index (χ1n) is 9.03. The summed E-state index contributed by atoms with van der Waals surface area (Å²) in [6.07, 6.45) is 1.15. The van der Waals surface area contributed by atoms with Crippen LogP contribution < -0.4 is 9.62 Å². The number of hydrogen-bond donors (Lipinski definition) is 1. The molecule has 0 fully saturated rings. The number of anilines is 2. The molecule has 0 saturated heterocycles. The summed E-state index contributed by atoms with van der Waals surface area (Å²) in [5, 5.41) is 1.18. The fourth-order valence-corrected chi connectivity index (χ4v) is 4.25. The Bertz CT molecular complexity index is 1100. The molecule has 3 rings (SSSR count). The lowest BCUT2D eigenvalue weighted by Crippen LogP contribution is -2.23. The number of nitrogens with zero attached hydrogens (tertiary/aromatic N) is 1. The van der Waals surface area contributed by atoms with Crippen LogP contribution in [0.3, 0.4) is 0 Å². The molecular formula is C22H22Cl2N2O2S. The van der Waals surface area contributed by atoms with Crippen LogP contribution in [0, 0.1) is 6.92 Å². The van der Waals surface area contributed by atoms with E-state index in [1.165, 1.54) is 0 Å². The first-order valence-corrected chi connectivity index (χ1v) is 11.7. The standard InChI is InChI=1S/C22H22Cl2N2O2S/c1-16-21(25-29(2,27)28)9-6-10-22(16)26(14-17-7-4-3-5-8-17)15-18-11-12-19(23)13-20(18)24/h3-13,25H,14-15H2,1-2H3. The molecule has 0 aliphatic carbocycles. The van der Waals surface area contributed by atoms with E-state index < -0.39 is 10.0 Å². The van der Waals surface area contributed by atoms with Crippen LogP contribution in [-0.4, -0.2) is 14.7 Å². The summed E-state index contributed by atoms with van der Waals surface area (Å²) in [4.78, 5) is 2.17. The molecule has 0 aromatic heterocycles. The minimum absolute atomic E-state index is 0.550. The second-order valence-electron chi connectivity index (χ2n) is 6.90. The monoisotopic (exact) mass is 448 g/mol. The highest BCUT2D eigenvalue weighted by atomic mass is 35.5. The van der Waals surface area contributed by atoms with Gasteiger partial charge in [0.05, 0.1) is 11.9 Å². The number of halogens is 2. The highest BCUT2D eigenvalue weighted by molar-refractivity contribution is 7.92. The molecule has 4 nitrogen and oxygen atoms in total. The lowest BCUT2D eigenvalue weighted by Gasteiger charge is -2.28. The minimum Gasteiger partial charge on any atom is -0.363 e. The van der Waals surface area contributed by atoms with E-state index in [1.807, 2.05) is 49.4 Å². The van der Waals surface area contributed by atoms with Crippen molar-refractivity contribution in [1.82, 2.24) is 0 Å². The van der Waals surface area contributed by atoms with Crippen LogP contribution >= 0.6 is 23.2 Å². The number of hydrogen-bond acceptors (Lipinski definition) is 3. The van der Waals surface area contributed by atoms with Crippen LogP contribution in [0.2, 0.25) is 10.0 Å². The van der Waals surface area contributed by atoms with Gasteiger partial charge in [0, 0.05) is 28.8 Å². The Kier molecular flexibility index (Phi) is 6.73. The molecule has 29 heavy (non-hydrogen) atoms. The van der Waals surface area contributed by atoms with Crippen molar-refractivity contribution in [2.75, 3.05) is 15.9 Å². The predicted octanol–water partition coefficient (Wildman–Crippen LogP) is 5.88. The van der Waals surface area contributed by atoms with Crippen LogP contribution in [0.25, 0.3) is 0 Å². The molecule has 0 amide bonds. The summed E-state index contributed by atoms with van der Waals surface area (Å²) in [7, 11) is -3.38. The maximum absolute atomic E-state index is 11.7. The highest BCUT2D eigenvalue weighted by Crippen LogP contribution is 2.31. The van der Waals surface area contributed by atoms with Crippen molar-refractivity contribution in [3.05, 3.63) is 93.5 Å². The highest BCUT2D eigenvalue weighted by Gasteiger charge is 2.16. The summed E-state index contributed by atoms with van der Waals surface area (Å²) in [5.74, 6) is 0. The Hall–Kier alpha value is -2.21. The summed E-state index contributed by atoms with van der Waals surface area (Å²) in [6, 6.07) is 21.1. The molecule has 0 heterocycles. The average molecular weight is 449 g/mol. The largest absolute Gasteiger partial charge is 0.363 e. The van der Waals surface area contributed by atoms with Crippen molar-refractivity contribution in [2.24, 2.45) is 0 Å². The third-order valence-corrected chi connectivity index (χ3v) is 5.71. The molecule has 152 valence electrons. The van der Waals surface area contributed by atoms with Crippen LogP contribution in [0.4, 0.5) is 11.4 Å². The Labute approximate surface area is 182 Å². The van der Waals surface area contributed by atoms with Crippen molar-refractivity contribution < 1.29 is 8.42 Å². The first-order chi connectivity index (χ1) is 13.7. The molecule has 3 aromatic rings. The van der Waals surface area contributed by atoms with Gasteiger partial charge in [-0.3, -0.25) is 4.72 Å². The zero-order valence-electron chi connectivity index (χ0n) is 16.2. The molecule has 1 N–H and O–H groups in total. The van der Waals surface area contributed by atoms with Gasteiger partial charge >= 0.3 is 0 Å². The van der Waals surface area contributed by atoms with E-state index in [0.29, 0.717) is 28.8 Å². The zero-order valence-corrected chi connectivity index (χ0v) is 18.5. The third-order valence-electron chi connectivity index (χ3n) is 4.53. The fourth-order valence-electron chi connectivity index (χ4n) is 3.16. The van der Waals surface area contributed by atoms with Gasteiger partial charge in [0.1, 0.15) is 0 Å². The maximum Gasteiger partial charge on any atom is 0.229 e. The van der Waals surface area contributed by atoms with Crippen LogP contribution in [0.1, 0.15) is 16.7 Å². The van der Waals surface area contributed by atoms with Gasteiger partial charge in [0.2, 0.25) is 10.0 Å². The summed E-state index contributed by atoms with van der Waals surface area (Å²) < 4.78 is 26.1. The molecule has 0 aliphatic heterocycles. The van der Waals surface area contributed by atoms with Gasteiger partial charge in [-0.15, -0.1) is 0 Å². The molecule has 3 aromatic carbocycles. The molecule has 0 unspecified atom stereocenters. The van der Waals surface area contributed by atoms with Crippen LogP contribution in [0.5, 0.6) is 0 Å². The van der Waals surface area contributed by atoms with Crippen molar-refractivity contribution in [3.63, 3.8) is 0 Å². The molecule has 0 saturated carbocycles. The Morgan fingerprint density at radius 1 is 0.931 bits per heavy atom. The maximum atomic E-state index is 11.7. The number of benzene rings is 3. The topological polar surface area (TPSA) is 49.4 Å². The lowest BCUT2D eigenvalue weighted by atomic mass is 10.1. The molecule has 7 heteroatoms. The second-order valence-corrected chi connectivity index (χ2v) is 9.49. The summed E-state index contributed by atoms with van der Waals surface area (Å²) >= 11 is 12.5. The van der Waals surface area contributed by atoms with E-state index in [9.17, 15) is 8.42 Å². The van der Waals surface area contributed by atoms with Crippen LogP contribution in [0.15, 0.2) is 66.7 Å². The average Bonchev–Trinajstić information content (AvgIpc) is 2.65. The molecular weight excluding hydrogens is 427 g/mol. The van der Waals surface area contributed by atoms with Crippen molar-refractivity contribution >= 4 is 44.6 Å². The second kappa shape index (κ2) is 9.08. The van der Waals surface area contributed by atoms with Crippen molar-refractivity contribution in [2.45, 2.75) is 20.0 Å². The Morgan fingerprint density at radius 3 is 2.31 bits per heavy atom. The smallest absolute Gasteiger partial charge is 0.229 e. The zero-order chi connectivity index (χ0) is 21.0. The third kappa shape index (κ3) is 5.89. The minimum atomic E-state index is -3.38. The van der Waals surface area contributed by atoms with Gasteiger partial charge < -0.3 is 4.90 Å². The molecule has 0 bridgehead atoms. The first kappa shape index (κ1) is 21.5. The normalized spacial score (nSPS) is 11.3. The van der Waals surface area contributed by atoms with Gasteiger partial charge in [0.15, 0.2) is 0 Å². The van der Waals surface area contributed by atoms with E-state index in [4.69, 9.17) is 23.2 Å². The van der Waals surface area contributed by atoms with Gasteiger partial charge in [-0.1, -0.05) is 65.7 Å². The number of nitrogens with one attached hydrogen (secondary N) is 1. The van der Waals surface area contributed by atoms with E-state index in [0.717, 1.165) is 28.6 Å². The lowest BCUT2D eigenvalue weighted by molar-refractivity contribution is 0.606. The van der Waals surface area contributed by atoms with Gasteiger partial charge in [-0.2, -0.15) is 0 Å². The van der Waals surface area contributed by atoms with Gasteiger partial charge in [-0.05, 0) is 47.9 Å². The van der Waals surface area contributed by atoms with E-state index >= 15 is 0 Å². The van der Waals surface area contributed by atoms with E-state index in [2.05, 4.69) is 21.8 Å². The summed E-state index contributed by atoms with van der Waals surface area (Å²) in [5.41, 5.74) is 4.41. The molecule has 0 aliphatic rings. The Morgan fingerprint density at radius 2 is 1.66 bits per heavy atom. The number of rotatable bonds is 7. The molecule has 0 spiro atoms. The van der Waals surface area contributed by atoms with Crippen LogP contribution in [-0.2, 0) is 23.1 Å². The predicted molar refractivity (Wildman–Crippen MR) is 122 cm³/mol. The fraction of sp³-hybridized carbons (Fsp3) is 0.182. The Balaban J connectivity index is 2.02. The quantitative estimate of drug-likeness (QED) is 0.490. The van der Waals surface area contributed by atoms with Crippen molar-refractivity contribution in [3.8, 4) is 0 Å².